The van der Waals surface area contributed by atoms with Crippen LogP contribution in [0.5, 0.6) is 0 Å². The molecule has 0 spiro atoms. The van der Waals surface area contributed by atoms with Crippen molar-refractivity contribution in [2.24, 2.45) is 0 Å². The zero-order valence-corrected chi connectivity index (χ0v) is 14.7. The Kier molecular flexibility index (Phi) is 4.33. The molecule has 132 valence electrons. The molecule has 1 N–H and O–H groups in total. The van der Waals surface area contributed by atoms with E-state index in [1.54, 1.807) is 18.2 Å². The second-order valence-corrected chi connectivity index (χ2v) is 6.92. The maximum atomic E-state index is 12.6. The maximum absolute atomic E-state index is 12.6. The first-order valence-corrected chi connectivity index (χ1v) is 9.07. The summed E-state index contributed by atoms with van der Waals surface area (Å²) in [5.74, 6) is -0.408. The van der Waals surface area contributed by atoms with Crippen LogP contribution in [0.15, 0.2) is 57.7 Å². The standard InChI is InChI=1S/C22H21NO3/c1-14(16-11-10-15-6-2-3-7-17(15)12-16)23-21(24)19-13-18-8-4-5-9-20(18)26-22(19)25/h4-5,8-14H,2-3,6-7H2,1H3,(H,23,24). The van der Waals surface area contributed by atoms with Gasteiger partial charge in [0.15, 0.2) is 0 Å². The normalized spacial score (nSPS) is 14.7. The van der Waals surface area contributed by atoms with Gasteiger partial charge in [-0.25, -0.2) is 4.79 Å². The summed E-state index contributed by atoms with van der Waals surface area (Å²) in [5.41, 5.74) is 3.75. The van der Waals surface area contributed by atoms with Gasteiger partial charge in [0.05, 0.1) is 6.04 Å². The van der Waals surface area contributed by atoms with Gasteiger partial charge in [0, 0.05) is 5.39 Å². The fourth-order valence-corrected chi connectivity index (χ4v) is 3.60. The topological polar surface area (TPSA) is 59.3 Å². The highest BCUT2D eigenvalue weighted by atomic mass is 16.4. The van der Waals surface area contributed by atoms with Crippen LogP contribution in [-0.2, 0) is 12.8 Å². The van der Waals surface area contributed by atoms with E-state index < -0.39 is 11.5 Å². The highest BCUT2D eigenvalue weighted by Gasteiger charge is 2.18. The van der Waals surface area contributed by atoms with Crippen LogP contribution in [0.1, 0.15) is 52.9 Å². The molecule has 26 heavy (non-hydrogen) atoms. The summed E-state index contributed by atoms with van der Waals surface area (Å²) in [6, 6.07) is 15.0. The lowest BCUT2D eigenvalue weighted by Gasteiger charge is -2.20. The van der Waals surface area contributed by atoms with E-state index in [1.807, 2.05) is 19.1 Å². The SMILES string of the molecule is CC(NC(=O)c1cc2ccccc2oc1=O)c1ccc2c(c1)CCCC2. The highest BCUT2D eigenvalue weighted by molar-refractivity contribution is 5.96. The Bertz CT molecular complexity index is 1030. The van der Waals surface area contributed by atoms with Gasteiger partial charge in [0.25, 0.3) is 5.91 Å². The van der Waals surface area contributed by atoms with Gasteiger partial charge >= 0.3 is 5.63 Å². The molecule has 4 nitrogen and oxygen atoms in total. The van der Waals surface area contributed by atoms with Crippen LogP contribution < -0.4 is 10.9 Å². The number of hydrogen-bond acceptors (Lipinski definition) is 3. The van der Waals surface area contributed by atoms with E-state index in [1.165, 1.54) is 24.0 Å². The summed E-state index contributed by atoms with van der Waals surface area (Å²) < 4.78 is 5.26. The van der Waals surface area contributed by atoms with Crippen LogP contribution in [0.3, 0.4) is 0 Å². The minimum atomic E-state index is -0.612. The van der Waals surface area contributed by atoms with Crippen LogP contribution in [-0.4, -0.2) is 5.91 Å². The van der Waals surface area contributed by atoms with E-state index in [9.17, 15) is 9.59 Å². The minimum absolute atomic E-state index is 0.0357. The van der Waals surface area contributed by atoms with Crippen LogP contribution in [0.2, 0.25) is 0 Å². The fraction of sp³-hybridized carbons (Fsp3) is 0.273. The Morgan fingerprint density at radius 3 is 2.65 bits per heavy atom. The lowest BCUT2D eigenvalue weighted by Crippen LogP contribution is -2.30. The van der Waals surface area contributed by atoms with Crippen molar-refractivity contribution in [3.05, 3.63) is 81.2 Å². The Hall–Kier alpha value is -2.88. The van der Waals surface area contributed by atoms with Crippen molar-refractivity contribution in [1.82, 2.24) is 5.32 Å². The number of aryl methyl sites for hydroxylation is 2. The van der Waals surface area contributed by atoms with Gasteiger partial charge in [0.1, 0.15) is 11.1 Å². The number of nitrogens with one attached hydrogen (secondary N) is 1. The van der Waals surface area contributed by atoms with Gasteiger partial charge in [-0.2, -0.15) is 0 Å². The predicted octanol–water partition coefficient (Wildman–Crippen LogP) is 4.16. The average molecular weight is 347 g/mol. The molecule has 4 heteroatoms. The summed E-state index contributed by atoms with van der Waals surface area (Å²) in [6.45, 7) is 1.94. The lowest BCUT2D eigenvalue weighted by molar-refractivity contribution is 0.0936. The molecular weight excluding hydrogens is 326 g/mol. The molecule has 1 aliphatic rings. The molecule has 1 atom stereocenters. The van der Waals surface area contributed by atoms with E-state index in [4.69, 9.17) is 4.42 Å². The number of rotatable bonds is 3. The summed E-state index contributed by atoms with van der Waals surface area (Å²) in [4.78, 5) is 24.8. The van der Waals surface area contributed by atoms with E-state index in [-0.39, 0.29) is 11.6 Å². The van der Waals surface area contributed by atoms with Crippen LogP contribution in [0, 0.1) is 0 Å². The molecule has 0 radical (unpaired) electrons. The fourth-order valence-electron chi connectivity index (χ4n) is 3.60. The third-order valence-electron chi connectivity index (χ3n) is 5.11. The molecule has 0 saturated carbocycles. The molecule has 1 amide bonds. The van der Waals surface area contributed by atoms with Crippen molar-refractivity contribution in [2.45, 2.75) is 38.6 Å². The average Bonchev–Trinajstić information content (AvgIpc) is 2.66. The first-order valence-electron chi connectivity index (χ1n) is 9.07. The van der Waals surface area contributed by atoms with Gasteiger partial charge in [-0.15, -0.1) is 0 Å². The Labute approximate surface area is 151 Å². The molecular formula is C22H21NO3. The molecule has 1 unspecified atom stereocenters. The number of amides is 1. The number of fused-ring (bicyclic) bond motifs is 2. The predicted molar refractivity (Wildman–Crippen MR) is 101 cm³/mol. The Morgan fingerprint density at radius 2 is 1.81 bits per heavy atom. The van der Waals surface area contributed by atoms with Gasteiger partial charge in [-0.1, -0.05) is 36.4 Å². The monoisotopic (exact) mass is 347 g/mol. The Morgan fingerprint density at radius 1 is 1.04 bits per heavy atom. The Balaban J connectivity index is 1.58. The van der Waals surface area contributed by atoms with Crippen molar-refractivity contribution in [2.75, 3.05) is 0 Å². The van der Waals surface area contributed by atoms with Crippen molar-refractivity contribution in [1.29, 1.82) is 0 Å². The van der Waals surface area contributed by atoms with Crippen LogP contribution >= 0.6 is 0 Å². The van der Waals surface area contributed by atoms with Crippen molar-refractivity contribution >= 4 is 16.9 Å². The summed E-state index contributed by atoms with van der Waals surface area (Å²) >= 11 is 0. The number of carbonyl (C=O) groups is 1. The summed E-state index contributed by atoms with van der Waals surface area (Å²) in [7, 11) is 0. The van der Waals surface area contributed by atoms with Crippen molar-refractivity contribution in [3.8, 4) is 0 Å². The number of para-hydroxylation sites is 1. The number of hydrogen-bond donors (Lipinski definition) is 1. The molecule has 0 bridgehead atoms. The van der Waals surface area contributed by atoms with E-state index in [0.717, 1.165) is 23.8 Å². The van der Waals surface area contributed by atoms with Gasteiger partial charge in [0.2, 0.25) is 0 Å². The highest BCUT2D eigenvalue weighted by Crippen LogP contribution is 2.25. The smallest absolute Gasteiger partial charge is 0.349 e. The largest absolute Gasteiger partial charge is 0.422 e. The quantitative estimate of drug-likeness (QED) is 0.724. The maximum Gasteiger partial charge on any atom is 0.349 e. The first kappa shape index (κ1) is 16.6. The number of carbonyl (C=O) groups excluding carboxylic acids is 1. The van der Waals surface area contributed by atoms with E-state index in [2.05, 4.69) is 23.5 Å². The van der Waals surface area contributed by atoms with Gasteiger partial charge in [-0.3, -0.25) is 4.79 Å². The van der Waals surface area contributed by atoms with E-state index in [0.29, 0.717) is 5.58 Å². The summed E-state index contributed by atoms with van der Waals surface area (Å²) in [5, 5.41) is 3.66. The zero-order chi connectivity index (χ0) is 18.1. The molecule has 2 aromatic carbocycles. The first-order chi connectivity index (χ1) is 12.6. The van der Waals surface area contributed by atoms with Crippen LogP contribution in [0.4, 0.5) is 0 Å². The molecule has 1 heterocycles. The molecule has 4 rings (SSSR count). The van der Waals surface area contributed by atoms with Gasteiger partial charge < -0.3 is 9.73 Å². The zero-order valence-electron chi connectivity index (χ0n) is 14.7. The van der Waals surface area contributed by atoms with Crippen molar-refractivity contribution in [3.63, 3.8) is 0 Å². The van der Waals surface area contributed by atoms with E-state index >= 15 is 0 Å². The third-order valence-corrected chi connectivity index (χ3v) is 5.11. The van der Waals surface area contributed by atoms with Crippen LogP contribution in [0.25, 0.3) is 11.0 Å². The number of benzene rings is 2. The molecule has 3 aromatic rings. The molecule has 1 aromatic heterocycles. The minimum Gasteiger partial charge on any atom is -0.422 e. The molecule has 0 fully saturated rings. The van der Waals surface area contributed by atoms with Gasteiger partial charge in [-0.05, 0) is 61.4 Å². The van der Waals surface area contributed by atoms with Crippen molar-refractivity contribution < 1.29 is 9.21 Å². The lowest BCUT2D eigenvalue weighted by atomic mass is 9.89. The molecule has 0 aliphatic heterocycles. The second-order valence-electron chi connectivity index (χ2n) is 6.92. The molecule has 0 saturated heterocycles. The molecule has 1 aliphatic carbocycles. The summed E-state index contributed by atoms with van der Waals surface area (Å²) in [6.07, 6.45) is 4.69. The second kappa shape index (κ2) is 6.79. The third kappa shape index (κ3) is 3.15.